The zero-order valence-electron chi connectivity index (χ0n) is 10.7. The number of likely N-dealkylation sites (N-methyl/N-ethyl adjacent to an activating group) is 1. The Bertz CT molecular complexity index is 576. The zero-order valence-corrected chi connectivity index (χ0v) is 10.7. The van der Waals surface area contributed by atoms with E-state index in [0.29, 0.717) is 5.69 Å². The molecule has 3 rings (SSSR count). The maximum Gasteiger partial charge on any atom is 0.123 e. The van der Waals surface area contributed by atoms with Crippen LogP contribution in [0.25, 0.3) is 0 Å². The first kappa shape index (κ1) is 11.3. The van der Waals surface area contributed by atoms with Crippen LogP contribution in [0.1, 0.15) is 22.9 Å². The molecular formula is C14H17N3O. The number of hydrogen-bond donors (Lipinski definition) is 1. The zero-order chi connectivity index (χ0) is 12.7. The number of aromatic nitrogens is 2. The average Bonchev–Trinajstić information content (AvgIpc) is 2.95. The molecule has 1 aliphatic heterocycles. The number of hydrogen-bond acceptors (Lipinski definition) is 3. The minimum absolute atomic E-state index is 0.637. The van der Waals surface area contributed by atoms with E-state index >= 15 is 0 Å². The quantitative estimate of drug-likeness (QED) is 0.869. The predicted octanol–water partition coefficient (Wildman–Crippen LogP) is 1.49. The highest BCUT2D eigenvalue weighted by Gasteiger charge is 2.19. The van der Waals surface area contributed by atoms with Crippen LogP contribution in [0.15, 0.2) is 30.7 Å². The molecule has 4 nitrogen and oxygen atoms in total. The van der Waals surface area contributed by atoms with E-state index in [-0.39, 0.29) is 0 Å². The van der Waals surface area contributed by atoms with Crippen molar-refractivity contribution in [1.29, 1.82) is 0 Å². The predicted molar refractivity (Wildman–Crippen MR) is 70.7 cm³/mol. The summed E-state index contributed by atoms with van der Waals surface area (Å²) in [5, 5.41) is 10.3. The number of aliphatic hydroxyl groups excluding tert-OH is 1. The lowest BCUT2D eigenvalue weighted by Gasteiger charge is -2.14. The first-order valence-electron chi connectivity index (χ1n) is 6.15. The van der Waals surface area contributed by atoms with Gasteiger partial charge in [0.05, 0.1) is 12.0 Å². The molecule has 1 unspecified atom stereocenters. The molecule has 0 aliphatic carbocycles. The molecule has 0 radical (unpaired) electrons. The number of rotatable bonds is 2. The fraction of sp³-hybridized carbons (Fsp3) is 0.357. The van der Waals surface area contributed by atoms with E-state index in [9.17, 15) is 5.11 Å². The average molecular weight is 243 g/mol. The molecule has 0 fully saturated rings. The van der Waals surface area contributed by atoms with E-state index in [0.717, 1.165) is 18.5 Å². The molecule has 0 amide bonds. The molecule has 0 saturated carbocycles. The van der Waals surface area contributed by atoms with Gasteiger partial charge in [-0.3, -0.25) is 0 Å². The second-order valence-corrected chi connectivity index (χ2v) is 4.93. The van der Waals surface area contributed by atoms with Crippen molar-refractivity contribution in [1.82, 2.24) is 9.55 Å². The first-order valence-corrected chi connectivity index (χ1v) is 6.15. The monoisotopic (exact) mass is 243 g/mol. The van der Waals surface area contributed by atoms with Gasteiger partial charge in [-0.1, -0.05) is 12.1 Å². The minimum atomic E-state index is -0.637. The smallest absolute Gasteiger partial charge is 0.123 e. The van der Waals surface area contributed by atoms with Crippen LogP contribution in [0.4, 0.5) is 5.69 Å². The number of anilines is 1. The molecule has 1 aliphatic rings. The Balaban J connectivity index is 1.93. The lowest BCUT2D eigenvalue weighted by Crippen LogP contribution is -2.12. The summed E-state index contributed by atoms with van der Waals surface area (Å²) in [5.41, 5.74) is 4.20. The van der Waals surface area contributed by atoms with Gasteiger partial charge in [-0.25, -0.2) is 4.98 Å². The van der Waals surface area contributed by atoms with Crippen molar-refractivity contribution in [3.8, 4) is 0 Å². The molecule has 0 spiro atoms. The number of aryl methyl sites for hydroxylation is 1. The summed E-state index contributed by atoms with van der Waals surface area (Å²) in [4.78, 5) is 6.45. The summed E-state index contributed by atoms with van der Waals surface area (Å²) in [5.74, 6) is 0. The lowest BCUT2D eigenvalue weighted by atomic mass is 10.0. The van der Waals surface area contributed by atoms with Gasteiger partial charge in [0.1, 0.15) is 6.10 Å². The molecule has 94 valence electrons. The molecule has 1 aromatic carbocycles. The summed E-state index contributed by atoms with van der Waals surface area (Å²) in [6.45, 7) is 1.05. The molecule has 0 saturated heterocycles. The molecule has 1 N–H and O–H groups in total. The summed E-state index contributed by atoms with van der Waals surface area (Å²) in [6.07, 6.45) is 3.97. The SMILES string of the molecule is CN1CCc2cc(C(O)c3cn(C)cn3)ccc21. The maximum absolute atomic E-state index is 10.3. The Hall–Kier alpha value is -1.81. The third kappa shape index (κ3) is 1.78. The number of benzene rings is 1. The van der Waals surface area contributed by atoms with Crippen molar-refractivity contribution < 1.29 is 5.11 Å². The Morgan fingerprint density at radius 3 is 2.89 bits per heavy atom. The Kier molecular flexibility index (Phi) is 2.59. The topological polar surface area (TPSA) is 41.3 Å². The van der Waals surface area contributed by atoms with Crippen molar-refractivity contribution >= 4 is 5.69 Å². The van der Waals surface area contributed by atoms with Crippen LogP contribution in [-0.4, -0.2) is 28.3 Å². The highest BCUT2D eigenvalue weighted by Crippen LogP contribution is 2.30. The fourth-order valence-electron chi connectivity index (χ4n) is 2.50. The van der Waals surface area contributed by atoms with Crippen LogP contribution in [0.3, 0.4) is 0 Å². The highest BCUT2D eigenvalue weighted by molar-refractivity contribution is 5.58. The first-order chi connectivity index (χ1) is 8.65. The van der Waals surface area contributed by atoms with Gasteiger partial charge in [-0.2, -0.15) is 0 Å². The highest BCUT2D eigenvalue weighted by atomic mass is 16.3. The van der Waals surface area contributed by atoms with Crippen LogP contribution in [0.5, 0.6) is 0 Å². The van der Waals surface area contributed by atoms with Gasteiger partial charge in [0.25, 0.3) is 0 Å². The van der Waals surface area contributed by atoms with E-state index < -0.39 is 6.10 Å². The molecule has 4 heteroatoms. The largest absolute Gasteiger partial charge is 0.382 e. The van der Waals surface area contributed by atoms with Crippen LogP contribution >= 0.6 is 0 Å². The summed E-state index contributed by atoms with van der Waals surface area (Å²) in [7, 11) is 4.00. The van der Waals surface area contributed by atoms with Crippen LogP contribution in [0, 0.1) is 0 Å². The molecule has 0 bridgehead atoms. The second-order valence-electron chi connectivity index (χ2n) is 4.93. The van der Waals surface area contributed by atoms with Gasteiger partial charge >= 0.3 is 0 Å². The number of nitrogens with zero attached hydrogens (tertiary/aromatic N) is 3. The van der Waals surface area contributed by atoms with Crippen molar-refractivity contribution in [2.45, 2.75) is 12.5 Å². The Morgan fingerprint density at radius 2 is 2.17 bits per heavy atom. The van der Waals surface area contributed by atoms with Crippen molar-refractivity contribution in [3.05, 3.63) is 47.5 Å². The Morgan fingerprint density at radius 1 is 1.33 bits per heavy atom. The summed E-state index contributed by atoms with van der Waals surface area (Å²) in [6, 6.07) is 6.17. The lowest BCUT2D eigenvalue weighted by molar-refractivity contribution is 0.215. The van der Waals surface area contributed by atoms with Crippen LogP contribution in [0.2, 0.25) is 0 Å². The van der Waals surface area contributed by atoms with Crippen molar-refractivity contribution in [2.75, 3.05) is 18.5 Å². The van der Waals surface area contributed by atoms with Gasteiger partial charge in [0.15, 0.2) is 0 Å². The Labute approximate surface area is 107 Å². The van der Waals surface area contributed by atoms with E-state index in [2.05, 4.69) is 29.1 Å². The molecule has 18 heavy (non-hydrogen) atoms. The molecule has 1 aromatic heterocycles. The van der Waals surface area contributed by atoms with Gasteiger partial charge in [-0.05, 0) is 23.6 Å². The normalized spacial score (nSPS) is 15.8. The van der Waals surface area contributed by atoms with E-state index in [1.165, 1.54) is 11.3 Å². The molecule has 2 heterocycles. The maximum atomic E-state index is 10.3. The third-order valence-electron chi connectivity index (χ3n) is 3.55. The summed E-state index contributed by atoms with van der Waals surface area (Å²) < 4.78 is 1.85. The second kappa shape index (κ2) is 4.14. The molecule has 1 atom stereocenters. The summed E-state index contributed by atoms with van der Waals surface area (Å²) >= 11 is 0. The number of fused-ring (bicyclic) bond motifs is 1. The van der Waals surface area contributed by atoms with Crippen molar-refractivity contribution in [3.63, 3.8) is 0 Å². The third-order valence-corrected chi connectivity index (χ3v) is 3.55. The van der Waals surface area contributed by atoms with Crippen LogP contribution < -0.4 is 4.90 Å². The minimum Gasteiger partial charge on any atom is -0.382 e. The number of aliphatic hydroxyl groups is 1. The molecular weight excluding hydrogens is 226 g/mol. The van der Waals surface area contributed by atoms with E-state index in [1.807, 2.05) is 23.9 Å². The van der Waals surface area contributed by atoms with Gasteiger partial charge in [-0.15, -0.1) is 0 Å². The van der Waals surface area contributed by atoms with E-state index in [4.69, 9.17) is 0 Å². The molecule has 2 aromatic rings. The fourth-order valence-corrected chi connectivity index (χ4v) is 2.50. The van der Waals surface area contributed by atoms with Gasteiger partial charge < -0.3 is 14.6 Å². The van der Waals surface area contributed by atoms with Crippen LogP contribution in [-0.2, 0) is 13.5 Å². The van der Waals surface area contributed by atoms with Gasteiger partial charge in [0.2, 0.25) is 0 Å². The van der Waals surface area contributed by atoms with Crippen molar-refractivity contribution in [2.24, 2.45) is 7.05 Å². The number of imidazole rings is 1. The standard InChI is InChI=1S/C14H17N3O/c1-16-8-12(15-9-16)14(18)11-3-4-13-10(7-11)5-6-17(13)2/h3-4,7-9,14,18H,5-6H2,1-2H3. The van der Waals surface area contributed by atoms with E-state index in [1.54, 1.807) is 6.33 Å². The van der Waals surface area contributed by atoms with Gasteiger partial charge in [0, 0.05) is 32.5 Å².